The SMILES string of the molecule is C#CCOc1ccccc1/C=N\NC(=O)[C@H]1COc2ccccc2O1. The first-order chi connectivity index (χ1) is 12.3. The molecule has 2 aromatic carbocycles. The van der Waals surface area contributed by atoms with Crippen molar-refractivity contribution in [3.63, 3.8) is 0 Å². The normalized spacial score (nSPS) is 15.4. The quantitative estimate of drug-likeness (QED) is 0.515. The molecule has 1 atom stereocenters. The van der Waals surface area contributed by atoms with Crippen LogP contribution in [0, 0.1) is 12.3 Å². The molecule has 0 bridgehead atoms. The summed E-state index contributed by atoms with van der Waals surface area (Å²) in [7, 11) is 0. The van der Waals surface area contributed by atoms with Gasteiger partial charge in [0, 0.05) is 5.56 Å². The maximum absolute atomic E-state index is 12.2. The minimum atomic E-state index is -0.764. The number of terminal acetylenes is 1. The molecule has 2 aromatic rings. The van der Waals surface area contributed by atoms with Crippen molar-refractivity contribution in [1.29, 1.82) is 0 Å². The molecule has 1 aliphatic heterocycles. The van der Waals surface area contributed by atoms with Crippen LogP contribution >= 0.6 is 0 Å². The zero-order chi connectivity index (χ0) is 17.5. The second kappa shape index (κ2) is 7.88. The number of hydrogen-bond acceptors (Lipinski definition) is 5. The lowest BCUT2D eigenvalue weighted by Crippen LogP contribution is -2.42. The maximum atomic E-state index is 12.2. The third kappa shape index (κ3) is 4.09. The fourth-order valence-corrected chi connectivity index (χ4v) is 2.22. The van der Waals surface area contributed by atoms with Crippen molar-refractivity contribution >= 4 is 12.1 Å². The Morgan fingerprint density at radius 3 is 2.88 bits per heavy atom. The van der Waals surface area contributed by atoms with E-state index in [-0.39, 0.29) is 13.2 Å². The number of para-hydroxylation sites is 3. The van der Waals surface area contributed by atoms with Crippen LogP contribution in [0.1, 0.15) is 5.56 Å². The van der Waals surface area contributed by atoms with Gasteiger partial charge in [-0.25, -0.2) is 5.43 Å². The van der Waals surface area contributed by atoms with Crippen LogP contribution in [0.15, 0.2) is 53.6 Å². The zero-order valence-electron chi connectivity index (χ0n) is 13.3. The highest BCUT2D eigenvalue weighted by Crippen LogP contribution is 2.30. The summed E-state index contributed by atoms with van der Waals surface area (Å²) in [6.45, 7) is 0.282. The van der Waals surface area contributed by atoms with Gasteiger partial charge in [-0.2, -0.15) is 5.10 Å². The molecular weight excluding hydrogens is 320 g/mol. The molecule has 6 nitrogen and oxygen atoms in total. The second-order valence-corrected chi connectivity index (χ2v) is 5.13. The number of nitrogens with one attached hydrogen (secondary N) is 1. The Balaban J connectivity index is 1.60. The van der Waals surface area contributed by atoms with Crippen LogP contribution in [-0.4, -0.2) is 31.4 Å². The number of carbonyl (C=O) groups excluding carboxylic acids is 1. The van der Waals surface area contributed by atoms with E-state index in [1.807, 2.05) is 24.3 Å². The molecule has 0 unspecified atom stereocenters. The predicted molar refractivity (Wildman–Crippen MR) is 92.9 cm³/mol. The van der Waals surface area contributed by atoms with E-state index in [0.717, 1.165) is 0 Å². The van der Waals surface area contributed by atoms with Crippen LogP contribution < -0.4 is 19.6 Å². The Morgan fingerprint density at radius 1 is 1.28 bits per heavy atom. The Hall–Kier alpha value is -3.46. The van der Waals surface area contributed by atoms with Gasteiger partial charge in [-0.15, -0.1) is 6.42 Å². The molecule has 1 amide bonds. The van der Waals surface area contributed by atoms with Crippen LogP contribution in [0.4, 0.5) is 0 Å². The van der Waals surface area contributed by atoms with Crippen LogP contribution in [0.2, 0.25) is 0 Å². The highest BCUT2D eigenvalue weighted by molar-refractivity contribution is 5.86. The predicted octanol–water partition coefficient (Wildman–Crippen LogP) is 1.99. The number of amides is 1. The average molecular weight is 336 g/mol. The number of rotatable bonds is 5. The molecule has 0 radical (unpaired) electrons. The lowest BCUT2D eigenvalue weighted by molar-refractivity contribution is -0.130. The van der Waals surface area contributed by atoms with E-state index < -0.39 is 12.0 Å². The van der Waals surface area contributed by atoms with Crippen molar-refractivity contribution in [3.8, 4) is 29.6 Å². The lowest BCUT2D eigenvalue weighted by atomic mass is 10.2. The number of benzene rings is 2. The summed E-state index contributed by atoms with van der Waals surface area (Å²) in [6, 6.07) is 14.4. The number of carbonyl (C=O) groups is 1. The average Bonchev–Trinajstić information content (AvgIpc) is 2.66. The van der Waals surface area contributed by atoms with Gasteiger partial charge in [-0.1, -0.05) is 30.2 Å². The van der Waals surface area contributed by atoms with Crippen molar-refractivity contribution < 1.29 is 19.0 Å². The van der Waals surface area contributed by atoms with Gasteiger partial charge in [0.25, 0.3) is 5.91 Å². The summed E-state index contributed by atoms with van der Waals surface area (Å²) in [5, 5.41) is 3.95. The number of hydrogen-bond donors (Lipinski definition) is 1. The molecule has 1 heterocycles. The van der Waals surface area contributed by atoms with E-state index in [4.69, 9.17) is 20.6 Å². The summed E-state index contributed by atoms with van der Waals surface area (Å²) < 4.78 is 16.5. The molecule has 0 aromatic heterocycles. The van der Waals surface area contributed by atoms with Gasteiger partial charge in [0.15, 0.2) is 11.5 Å². The molecule has 3 rings (SSSR count). The lowest BCUT2D eigenvalue weighted by Gasteiger charge is -2.24. The summed E-state index contributed by atoms with van der Waals surface area (Å²) >= 11 is 0. The first-order valence-corrected chi connectivity index (χ1v) is 7.64. The molecule has 126 valence electrons. The summed E-state index contributed by atoms with van der Waals surface area (Å²) in [5.74, 6) is 3.75. The van der Waals surface area contributed by atoms with E-state index in [0.29, 0.717) is 22.8 Å². The van der Waals surface area contributed by atoms with Crippen molar-refractivity contribution in [2.75, 3.05) is 13.2 Å². The second-order valence-electron chi connectivity index (χ2n) is 5.13. The molecule has 0 saturated heterocycles. The van der Waals surface area contributed by atoms with E-state index in [2.05, 4.69) is 16.4 Å². The zero-order valence-corrected chi connectivity index (χ0v) is 13.3. The van der Waals surface area contributed by atoms with Crippen LogP contribution in [-0.2, 0) is 4.79 Å². The molecule has 25 heavy (non-hydrogen) atoms. The van der Waals surface area contributed by atoms with Gasteiger partial charge in [-0.05, 0) is 24.3 Å². The van der Waals surface area contributed by atoms with Crippen LogP contribution in [0.25, 0.3) is 0 Å². The topological polar surface area (TPSA) is 69.2 Å². The Labute approximate surface area is 145 Å². The number of hydrazone groups is 1. The van der Waals surface area contributed by atoms with Crippen LogP contribution in [0.5, 0.6) is 17.2 Å². The molecular formula is C19H16N2O4. The number of fused-ring (bicyclic) bond motifs is 1. The van der Waals surface area contributed by atoms with Crippen LogP contribution in [0.3, 0.4) is 0 Å². The third-order valence-corrected chi connectivity index (χ3v) is 3.41. The van der Waals surface area contributed by atoms with Gasteiger partial charge in [-0.3, -0.25) is 4.79 Å². The van der Waals surface area contributed by atoms with Crippen molar-refractivity contribution in [3.05, 3.63) is 54.1 Å². The Bertz CT molecular complexity index is 826. The van der Waals surface area contributed by atoms with Gasteiger partial charge in [0.05, 0.1) is 6.21 Å². The summed E-state index contributed by atoms with van der Waals surface area (Å²) in [4.78, 5) is 12.2. The Morgan fingerprint density at radius 2 is 2.04 bits per heavy atom. The van der Waals surface area contributed by atoms with Gasteiger partial charge in [0.1, 0.15) is 19.0 Å². The van der Waals surface area contributed by atoms with Gasteiger partial charge < -0.3 is 14.2 Å². The standard InChI is InChI=1S/C19H16N2O4/c1-2-11-23-15-8-4-3-7-14(15)12-20-21-19(22)18-13-24-16-9-5-6-10-17(16)25-18/h1,3-10,12,18H,11,13H2,(H,21,22)/b20-12-/t18-/m1/s1. The largest absolute Gasteiger partial charge is 0.485 e. The van der Waals surface area contributed by atoms with Crippen molar-refractivity contribution in [2.24, 2.45) is 5.10 Å². The molecule has 0 fully saturated rings. The molecule has 1 aliphatic rings. The monoisotopic (exact) mass is 336 g/mol. The summed E-state index contributed by atoms with van der Waals surface area (Å²) in [6.07, 6.45) is 5.92. The Kier molecular flexibility index (Phi) is 5.17. The van der Waals surface area contributed by atoms with E-state index >= 15 is 0 Å². The summed E-state index contributed by atoms with van der Waals surface area (Å²) in [5.41, 5.74) is 3.14. The third-order valence-electron chi connectivity index (χ3n) is 3.41. The fourth-order valence-electron chi connectivity index (χ4n) is 2.22. The van der Waals surface area contributed by atoms with E-state index in [9.17, 15) is 4.79 Å². The first kappa shape index (κ1) is 16.4. The van der Waals surface area contributed by atoms with E-state index in [1.165, 1.54) is 6.21 Å². The fraction of sp³-hybridized carbons (Fsp3) is 0.158. The molecule has 0 spiro atoms. The number of nitrogens with zero attached hydrogens (tertiary/aromatic N) is 1. The minimum Gasteiger partial charge on any atom is -0.485 e. The van der Waals surface area contributed by atoms with Crippen molar-refractivity contribution in [2.45, 2.75) is 6.10 Å². The smallest absolute Gasteiger partial charge is 0.284 e. The maximum Gasteiger partial charge on any atom is 0.284 e. The van der Waals surface area contributed by atoms with Crippen molar-refractivity contribution in [1.82, 2.24) is 5.43 Å². The molecule has 1 N–H and O–H groups in total. The number of ether oxygens (including phenoxy) is 3. The first-order valence-electron chi connectivity index (χ1n) is 7.64. The molecule has 0 saturated carbocycles. The highest BCUT2D eigenvalue weighted by Gasteiger charge is 2.26. The highest BCUT2D eigenvalue weighted by atomic mass is 16.6. The molecule has 0 aliphatic carbocycles. The molecule has 6 heteroatoms. The van der Waals surface area contributed by atoms with E-state index in [1.54, 1.807) is 24.3 Å². The van der Waals surface area contributed by atoms with Gasteiger partial charge >= 0.3 is 0 Å². The van der Waals surface area contributed by atoms with Gasteiger partial charge in [0.2, 0.25) is 6.10 Å². The minimum absolute atomic E-state index is 0.125.